The first-order valence-electron chi connectivity index (χ1n) is 6.96. The fourth-order valence-corrected chi connectivity index (χ4v) is 3.19. The molecule has 0 aromatic carbocycles. The third-order valence-electron chi connectivity index (χ3n) is 3.36. The van der Waals surface area contributed by atoms with E-state index in [1.165, 1.54) is 42.6 Å². The van der Waals surface area contributed by atoms with Crippen LogP contribution in [0.5, 0.6) is 0 Å². The van der Waals surface area contributed by atoms with E-state index < -0.39 is 0 Å². The summed E-state index contributed by atoms with van der Waals surface area (Å²) in [5.74, 6) is 0. The molecule has 0 radical (unpaired) electrons. The Balaban J connectivity index is 1.80. The number of rotatable bonds is 7. The van der Waals surface area contributed by atoms with Crippen molar-refractivity contribution in [2.24, 2.45) is 0 Å². The van der Waals surface area contributed by atoms with Crippen LogP contribution < -0.4 is 5.32 Å². The maximum Gasteiger partial charge on any atom is 0.0876 e. The molecular formula is C15H23NOS. The lowest BCUT2D eigenvalue weighted by Gasteiger charge is -2.23. The van der Waals surface area contributed by atoms with E-state index in [0.29, 0.717) is 6.04 Å². The van der Waals surface area contributed by atoms with E-state index in [2.05, 4.69) is 29.8 Å². The number of likely N-dealkylation sites (N-methyl/N-ethyl adjacent to an activating group) is 1. The molecule has 0 bridgehead atoms. The number of nitrogens with one attached hydrogen (secondary N) is 1. The maximum absolute atomic E-state index is 5.46. The molecule has 1 aliphatic rings. The molecule has 0 spiro atoms. The van der Waals surface area contributed by atoms with E-state index in [0.717, 1.165) is 13.2 Å². The second kappa shape index (κ2) is 7.59. The monoisotopic (exact) mass is 265 g/mol. The molecule has 2 rings (SSSR count). The molecule has 1 aliphatic heterocycles. The van der Waals surface area contributed by atoms with Crippen molar-refractivity contribution in [3.63, 3.8) is 0 Å². The highest BCUT2D eigenvalue weighted by molar-refractivity contribution is 7.09. The van der Waals surface area contributed by atoms with Crippen LogP contribution >= 0.6 is 11.3 Å². The highest BCUT2D eigenvalue weighted by Gasteiger charge is 2.15. The van der Waals surface area contributed by atoms with Gasteiger partial charge >= 0.3 is 0 Å². The normalized spacial score (nSPS) is 17.1. The quantitative estimate of drug-likeness (QED) is 0.811. The number of hydrogen-bond acceptors (Lipinski definition) is 3. The predicted molar refractivity (Wildman–Crippen MR) is 78.0 cm³/mol. The Morgan fingerprint density at radius 2 is 2.44 bits per heavy atom. The molecule has 2 nitrogen and oxygen atoms in total. The van der Waals surface area contributed by atoms with Gasteiger partial charge in [0.05, 0.1) is 12.9 Å². The van der Waals surface area contributed by atoms with Gasteiger partial charge in [-0.05, 0) is 55.7 Å². The molecule has 1 N–H and O–H groups in total. The van der Waals surface area contributed by atoms with Crippen LogP contribution in [-0.2, 0) is 11.2 Å². The fraction of sp³-hybridized carbons (Fsp3) is 0.600. The largest absolute Gasteiger partial charge is 0.501 e. The first-order valence-corrected chi connectivity index (χ1v) is 7.84. The van der Waals surface area contributed by atoms with Gasteiger partial charge in [-0.3, -0.25) is 0 Å². The van der Waals surface area contributed by atoms with Crippen molar-refractivity contribution < 1.29 is 4.74 Å². The van der Waals surface area contributed by atoms with Gasteiger partial charge in [0, 0.05) is 10.9 Å². The Morgan fingerprint density at radius 1 is 1.50 bits per heavy atom. The Kier molecular flexibility index (Phi) is 5.75. The third kappa shape index (κ3) is 4.14. The van der Waals surface area contributed by atoms with Crippen molar-refractivity contribution >= 4 is 11.3 Å². The molecule has 0 aliphatic carbocycles. The van der Waals surface area contributed by atoms with Crippen molar-refractivity contribution in [2.45, 2.75) is 45.1 Å². The number of aryl methyl sites for hydroxylation is 1. The van der Waals surface area contributed by atoms with Crippen molar-refractivity contribution in [3.8, 4) is 0 Å². The van der Waals surface area contributed by atoms with Gasteiger partial charge in [-0.1, -0.05) is 13.0 Å². The number of ether oxygens (including phenoxy) is 1. The molecule has 1 atom stereocenters. The molecule has 0 saturated carbocycles. The summed E-state index contributed by atoms with van der Waals surface area (Å²) in [6, 6.07) is 4.88. The van der Waals surface area contributed by atoms with Crippen LogP contribution in [0.1, 0.15) is 37.5 Å². The molecule has 1 aromatic heterocycles. The lowest BCUT2D eigenvalue weighted by atomic mass is 9.97. The van der Waals surface area contributed by atoms with Crippen LogP contribution in [-0.4, -0.2) is 19.2 Å². The van der Waals surface area contributed by atoms with Crippen molar-refractivity contribution in [1.82, 2.24) is 5.32 Å². The van der Waals surface area contributed by atoms with Crippen LogP contribution in [0.15, 0.2) is 29.3 Å². The van der Waals surface area contributed by atoms with E-state index in [9.17, 15) is 0 Å². The predicted octanol–water partition coefficient (Wildman–Crippen LogP) is 3.74. The van der Waals surface area contributed by atoms with Gasteiger partial charge in [0.15, 0.2) is 0 Å². The first-order chi connectivity index (χ1) is 8.90. The lowest BCUT2D eigenvalue weighted by Crippen LogP contribution is -2.32. The smallest absolute Gasteiger partial charge is 0.0876 e. The van der Waals surface area contributed by atoms with Crippen LogP contribution in [0.2, 0.25) is 0 Å². The molecule has 18 heavy (non-hydrogen) atoms. The van der Waals surface area contributed by atoms with Gasteiger partial charge in [0.25, 0.3) is 0 Å². The average Bonchev–Trinajstić information content (AvgIpc) is 2.92. The zero-order valence-corrected chi connectivity index (χ0v) is 12.0. The minimum atomic E-state index is 0.510. The van der Waals surface area contributed by atoms with E-state index in [4.69, 9.17) is 4.74 Å². The number of thiophene rings is 1. The first kappa shape index (κ1) is 13.6. The van der Waals surface area contributed by atoms with Crippen LogP contribution in [0.4, 0.5) is 0 Å². The van der Waals surface area contributed by atoms with Gasteiger partial charge in [0.2, 0.25) is 0 Å². The second-order valence-corrected chi connectivity index (χ2v) is 5.78. The van der Waals surface area contributed by atoms with Crippen molar-refractivity contribution in [2.75, 3.05) is 13.2 Å². The summed E-state index contributed by atoms with van der Waals surface area (Å²) in [5.41, 5.74) is 1.45. The van der Waals surface area contributed by atoms with Gasteiger partial charge in [0.1, 0.15) is 0 Å². The van der Waals surface area contributed by atoms with E-state index in [1.54, 1.807) is 0 Å². The summed E-state index contributed by atoms with van der Waals surface area (Å²) >= 11 is 1.86. The molecule has 1 unspecified atom stereocenters. The lowest BCUT2D eigenvalue weighted by molar-refractivity contribution is 0.218. The van der Waals surface area contributed by atoms with Gasteiger partial charge < -0.3 is 10.1 Å². The van der Waals surface area contributed by atoms with Crippen LogP contribution in [0.25, 0.3) is 0 Å². The maximum atomic E-state index is 5.46. The molecular weight excluding hydrogens is 242 g/mol. The minimum absolute atomic E-state index is 0.510. The zero-order chi connectivity index (χ0) is 12.6. The second-order valence-electron chi connectivity index (χ2n) is 4.75. The molecule has 0 fully saturated rings. The highest BCUT2D eigenvalue weighted by atomic mass is 32.1. The molecule has 3 heteroatoms. The summed E-state index contributed by atoms with van der Waals surface area (Å²) < 4.78 is 5.46. The van der Waals surface area contributed by atoms with Gasteiger partial charge in [-0.2, -0.15) is 0 Å². The van der Waals surface area contributed by atoms with Crippen LogP contribution in [0, 0.1) is 0 Å². The van der Waals surface area contributed by atoms with Gasteiger partial charge in [-0.25, -0.2) is 0 Å². The minimum Gasteiger partial charge on any atom is -0.501 e. The van der Waals surface area contributed by atoms with Gasteiger partial charge in [-0.15, -0.1) is 11.3 Å². The molecule has 2 heterocycles. The summed E-state index contributed by atoms with van der Waals surface area (Å²) in [7, 11) is 0. The van der Waals surface area contributed by atoms with Crippen molar-refractivity contribution in [1.29, 1.82) is 0 Å². The number of hydrogen-bond donors (Lipinski definition) is 1. The van der Waals surface area contributed by atoms with E-state index >= 15 is 0 Å². The fourth-order valence-electron chi connectivity index (χ4n) is 2.44. The molecule has 0 saturated heterocycles. The SMILES string of the molecule is CCNC(CCCc1cccs1)C1=COCCC1. The van der Waals surface area contributed by atoms with E-state index in [-0.39, 0.29) is 0 Å². The third-order valence-corrected chi connectivity index (χ3v) is 4.29. The molecule has 1 aromatic rings. The molecule has 100 valence electrons. The topological polar surface area (TPSA) is 21.3 Å². The Hall–Kier alpha value is -0.800. The summed E-state index contributed by atoms with van der Waals surface area (Å²) in [6.45, 7) is 4.09. The standard InChI is InChI=1S/C15H23NOS/c1-2-16-15(13-6-4-10-17-12-13)9-3-7-14-8-5-11-18-14/h5,8,11-12,15-16H,2-4,6-7,9-10H2,1H3. The Bertz CT molecular complexity index is 359. The van der Waals surface area contributed by atoms with Crippen LogP contribution in [0.3, 0.4) is 0 Å². The summed E-state index contributed by atoms with van der Waals surface area (Å²) in [5, 5.41) is 5.75. The summed E-state index contributed by atoms with van der Waals surface area (Å²) in [6.07, 6.45) is 8.00. The van der Waals surface area contributed by atoms with E-state index in [1.807, 2.05) is 17.6 Å². The molecule has 0 amide bonds. The van der Waals surface area contributed by atoms with Crippen molar-refractivity contribution in [3.05, 3.63) is 34.2 Å². The zero-order valence-electron chi connectivity index (χ0n) is 11.2. The Morgan fingerprint density at radius 3 is 3.11 bits per heavy atom. The summed E-state index contributed by atoms with van der Waals surface area (Å²) in [4.78, 5) is 1.50. The average molecular weight is 265 g/mol. The Labute approximate surface area is 114 Å². The highest BCUT2D eigenvalue weighted by Crippen LogP contribution is 2.20.